The Morgan fingerprint density at radius 3 is 2.59 bits per heavy atom. The van der Waals surface area contributed by atoms with Gasteiger partial charge in [-0.25, -0.2) is 4.99 Å². The molecule has 0 amide bonds. The summed E-state index contributed by atoms with van der Waals surface area (Å²) in [5, 5.41) is 3.09. The summed E-state index contributed by atoms with van der Waals surface area (Å²) in [5.74, 6) is 1.57. The summed E-state index contributed by atoms with van der Waals surface area (Å²) < 4.78 is 5.69. The summed E-state index contributed by atoms with van der Waals surface area (Å²) in [6.45, 7) is 6.55. The number of aromatic nitrogens is 2. The Bertz CT molecular complexity index is 649. The van der Waals surface area contributed by atoms with E-state index in [9.17, 15) is 0 Å². The van der Waals surface area contributed by atoms with Crippen LogP contribution in [-0.4, -0.2) is 22.5 Å². The second-order valence-corrected chi connectivity index (χ2v) is 4.98. The minimum atomic E-state index is 0.345. The Balaban J connectivity index is 2.17. The number of hydrogen-bond acceptors (Lipinski definition) is 3. The molecule has 0 atom stereocenters. The zero-order chi connectivity index (χ0) is 15.9. The van der Waals surface area contributed by atoms with Crippen molar-refractivity contribution in [1.82, 2.24) is 9.97 Å². The minimum absolute atomic E-state index is 0.345. The molecule has 116 valence electrons. The molecule has 0 fully saturated rings. The molecule has 0 unspecified atom stereocenters. The lowest BCUT2D eigenvalue weighted by Gasteiger charge is -2.09. The van der Waals surface area contributed by atoms with Crippen molar-refractivity contribution in [2.24, 2.45) is 5.73 Å². The molecule has 2 rings (SSSR count). The molecule has 4 N–H and O–H groups in total. The van der Waals surface area contributed by atoms with Gasteiger partial charge < -0.3 is 10.5 Å². The number of hydrogen-bond donors (Lipinski definition) is 3. The van der Waals surface area contributed by atoms with Crippen LogP contribution < -0.4 is 20.8 Å². The van der Waals surface area contributed by atoms with E-state index >= 15 is 0 Å². The van der Waals surface area contributed by atoms with Crippen molar-refractivity contribution in [2.75, 3.05) is 11.9 Å². The molecular weight excluding hydrogens is 278 g/mol. The predicted octanol–water partition coefficient (Wildman–Crippen LogP) is 1.02. The van der Waals surface area contributed by atoms with Gasteiger partial charge in [0.1, 0.15) is 5.69 Å². The first-order chi connectivity index (χ1) is 10.6. The highest BCUT2D eigenvalue weighted by Crippen LogP contribution is 2.23. The van der Waals surface area contributed by atoms with Gasteiger partial charge in [-0.15, -0.1) is 9.97 Å². The molecule has 0 saturated heterocycles. The van der Waals surface area contributed by atoms with E-state index in [4.69, 9.17) is 10.5 Å². The number of anilines is 1. The van der Waals surface area contributed by atoms with Gasteiger partial charge in [-0.3, -0.25) is 5.32 Å². The summed E-state index contributed by atoms with van der Waals surface area (Å²) >= 11 is 0. The van der Waals surface area contributed by atoms with E-state index in [1.807, 2.05) is 44.2 Å². The normalized spacial score (nSPS) is 11.3. The average molecular weight is 300 g/mol. The number of ether oxygens (including phenoxy) is 1. The molecule has 0 bridgehead atoms. The van der Waals surface area contributed by atoms with Crippen molar-refractivity contribution in [1.29, 1.82) is 0 Å². The van der Waals surface area contributed by atoms with Gasteiger partial charge in [-0.05, 0) is 32.4 Å². The molecule has 2 aromatic rings. The Morgan fingerprint density at radius 1 is 1.23 bits per heavy atom. The first kappa shape index (κ1) is 15.8. The van der Waals surface area contributed by atoms with Crippen LogP contribution in [0, 0.1) is 13.8 Å². The van der Waals surface area contributed by atoms with Crippen LogP contribution in [0.3, 0.4) is 0 Å². The zero-order valence-electron chi connectivity index (χ0n) is 13.2. The van der Waals surface area contributed by atoms with Crippen molar-refractivity contribution in [3.63, 3.8) is 0 Å². The molecule has 6 heteroatoms. The fraction of sp³-hybridized carbons (Fsp3) is 0.312. The zero-order valence-corrected chi connectivity index (χ0v) is 13.2. The van der Waals surface area contributed by atoms with Crippen LogP contribution in [0.5, 0.6) is 5.75 Å². The van der Waals surface area contributed by atoms with Gasteiger partial charge in [0.05, 0.1) is 18.0 Å². The third-order valence-electron chi connectivity index (χ3n) is 2.85. The molecule has 6 nitrogen and oxygen atoms in total. The van der Waals surface area contributed by atoms with Gasteiger partial charge in [-0.2, -0.15) is 0 Å². The summed E-state index contributed by atoms with van der Waals surface area (Å²) in [6.07, 6.45) is 0.947. The van der Waals surface area contributed by atoms with Gasteiger partial charge in [0.25, 0.3) is 5.96 Å². The predicted molar refractivity (Wildman–Crippen MR) is 87.2 cm³/mol. The van der Waals surface area contributed by atoms with Crippen LogP contribution in [0.25, 0.3) is 0 Å². The van der Waals surface area contributed by atoms with Crippen molar-refractivity contribution in [3.05, 3.63) is 41.7 Å². The SMILES string of the molecule is CCCOc1ccccc1NC(N)=[NH+]c1nc(C)cc(C)n1. The average Bonchev–Trinajstić information content (AvgIpc) is 2.45. The number of nitrogens with one attached hydrogen (secondary N) is 2. The highest BCUT2D eigenvalue weighted by molar-refractivity contribution is 5.89. The maximum absolute atomic E-state index is 5.99. The molecule has 0 aliphatic carbocycles. The number of rotatable bonds is 5. The first-order valence-corrected chi connectivity index (χ1v) is 7.29. The number of aryl methyl sites for hydroxylation is 2. The van der Waals surface area contributed by atoms with Gasteiger partial charge in [0.2, 0.25) is 0 Å². The number of benzene rings is 1. The van der Waals surface area contributed by atoms with Crippen molar-refractivity contribution in [3.8, 4) is 5.75 Å². The molecule has 0 aliphatic heterocycles. The number of guanidine groups is 1. The number of nitrogens with two attached hydrogens (primary N) is 1. The molecule has 0 spiro atoms. The lowest BCUT2D eigenvalue weighted by molar-refractivity contribution is -0.365. The molecule has 1 aromatic carbocycles. The molecule has 1 aromatic heterocycles. The van der Waals surface area contributed by atoms with Crippen molar-refractivity contribution < 1.29 is 9.73 Å². The standard InChI is InChI=1S/C16H21N5O/c1-4-9-22-14-8-6-5-7-13(14)20-15(17)21-16-18-11(2)10-12(3)19-16/h5-8,10H,4,9H2,1-3H3,(H3,17,18,19,20,21)/p+1. The van der Waals surface area contributed by atoms with Gasteiger partial charge in [0, 0.05) is 6.07 Å². The molecule has 22 heavy (non-hydrogen) atoms. The van der Waals surface area contributed by atoms with E-state index in [-0.39, 0.29) is 0 Å². The van der Waals surface area contributed by atoms with E-state index in [0.29, 0.717) is 18.5 Å². The Labute approximate surface area is 130 Å². The molecule has 0 saturated carbocycles. The van der Waals surface area contributed by atoms with Crippen LogP contribution in [0.2, 0.25) is 0 Å². The molecular formula is C16H22N5O+. The molecule has 1 heterocycles. The van der Waals surface area contributed by atoms with Gasteiger partial charge >= 0.3 is 5.95 Å². The molecule has 0 aliphatic rings. The van der Waals surface area contributed by atoms with Gasteiger partial charge in [0.15, 0.2) is 5.75 Å². The van der Waals surface area contributed by atoms with Crippen LogP contribution in [0.15, 0.2) is 30.3 Å². The van der Waals surface area contributed by atoms with Crippen LogP contribution >= 0.6 is 0 Å². The smallest absolute Gasteiger partial charge is 0.354 e. The second-order valence-electron chi connectivity index (χ2n) is 4.98. The first-order valence-electron chi connectivity index (χ1n) is 7.29. The fourth-order valence-electron chi connectivity index (χ4n) is 1.99. The topological polar surface area (TPSA) is 87.0 Å². The van der Waals surface area contributed by atoms with E-state index in [2.05, 4.69) is 27.2 Å². The van der Waals surface area contributed by atoms with E-state index in [1.165, 1.54) is 0 Å². The van der Waals surface area contributed by atoms with Crippen LogP contribution in [-0.2, 0) is 0 Å². The Morgan fingerprint density at radius 2 is 1.91 bits per heavy atom. The van der Waals surface area contributed by atoms with Crippen LogP contribution in [0.4, 0.5) is 11.6 Å². The third-order valence-corrected chi connectivity index (χ3v) is 2.85. The lowest BCUT2D eigenvalue weighted by atomic mass is 10.3. The van der Waals surface area contributed by atoms with Gasteiger partial charge in [-0.1, -0.05) is 19.1 Å². The van der Waals surface area contributed by atoms with E-state index < -0.39 is 0 Å². The summed E-state index contributed by atoms with van der Waals surface area (Å²) in [4.78, 5) is 11.5. The van der Waals surface area contributed by atoms with Crippen molar-refractivity contribution in [2.45, 2.75) is 27.2 Å². The monoisotopic (exact) mass is 300 g/mol. The largest absolute Gasteiger partial charge is 0.491 e. The highest BCUT2D eigenvalue weighted by atomic mass is 16.5. The van der Waals surface area contributed by atoms with Crippen LogP contribution in [0.1, 0.15) is 24.7 Å². The number of para-hydroxylation sites is 2. The summed E-state index contributed by atoms with van der Waals surface area (Å²) in [5.41, 5.74) is 8.56. The Hall–Kier alpha value is -2.63. The number of nitrogens with zero attached hydrogens (tertiary/aromatic N) is 2. The van der Waals surface area contributed by atoms with E-state index in [0.717, 1.165) is 29.2 Å². The summed E-state index contributed by atoms with van der Waals surface area (Å²) in [7, 11) is 0. The lowest BCUT2D eigenvalue weighted by Crippen LogP contribution is -2.72. The quantitative estimate of drug-likeness (QED) is 0.567. The maximum Gasteiger partial charge on any atom is 0.354 e. The Kier molecular flexibility index (Phi) is 5.30. The second kappa shape index (κ2) is 7.40. The minimum Gasteiger partial charge on any atom is -0.491 e. The maximum atomic E-state index is 5.99. The third kappa shape index (κ3) is 4.44. The highest BCUT2D eigenvalue weighted by Gasteiger charge is 2.08. The van der Waals surface area contributed by atoms with E-state index in [1.54, 1.807) is 0 Å². The van der Waals surface area contributed by atoms with Crippen molar-refractivity contribution >= 4 is 17.6 Å². The molecule has 0 radical (unpaired) electrons. The fourth-order valence-corrected chi connectivity index (χ4v) is 1.99. The summed E-state index contributed by atoms with van der Waals surface area (Å²) in [6, 6.07) is 9.55.